The summed E-state index contributed by atoms with van der Waals surface area (Å²) >= 11 is 0.624. The highest BCUT2D eigenvalue weighted by Crippen LogP contribution is 2.35. The van der Waals surface area contributed by atoms with E-state index >= 15 is 0 Å². The number of nitrogens with two attached hydrogens (primary N) is 1. The zero-order valence-electron chi connectivity index (χ0n) is 9.19. The quantitative estimate of drug-likeness (QED) is 0.690. The number of nitrogens with zero attached hydrogens (tertiary/aromatic N) is 2. The lowest BCUT2D eigenvalue weighted by molar-refractivity contribution is -0.126. The number of hydrogen-bond acceptors (Lipinski definition) is 4. The third-order valence-corrected chi connectivity index (χ3v) is 3.63. The van der Waals surface area contributed by atoms with Crippen molar-refractivity contribution >= 4 is 22.7 Å². The predicted octanol–water partition coefficient (Wildman–Crippen LogP) is 2.61. The Labute approximate surface area is 106 Å². The number of benzene rings is 1. The first kappa shape index (κ1) is 13.1. The molecular weight excluding hydrogens is 263 g/mol. The molecule has 1 heterocycles. The fourth-order valence-electron chi connectivity index (χ4n) is 1.46. The molecule has 18 heavy (non-hydrogen) atoms. The van der Waals surface area contributed by atoms with Crippen molar-refractivity contribution in [1.82, 2.24) is 9.97 Å². The third kappa shape index (κ3) is 2.73. The Hall–Kier alpha value is -1.34. The van der Waals surface area contributed by atoms with Crippen LogP contribution in [0.25, 0.3) is 10.9 Å². The van der Waals surface area contributed by atoms with E-state index in [-0.39, 0.29) is 0 Å². The van der Waals surface area contributed by atoms with Gasteiger partial charge in [-0.2, -0.15) is 13.2 Å². The van der Waals surface area contributed by atoms with Crippen LogP contribution < -0.4 is 5.73 Å². The van der Waals surface area contributed by atoms with E-state index in [0.29, 0.717) is 27.7 Å². The Balaban J connectivity index is 2.37. The molecule has 96 valence electrons. The van der Waals surface area contributed by atoms with Crippen molar-refractivity contribution in [3.8, 4) is 0 Å². The molecular formula is C11H10F3N3S. The Morgan fingerprint density at radius 2 is 1.94 bits per heavy atom. The topological polar surface area (TPSA) is 51.8 Å². The molecule has 1 aromatic heterocycles. The predicted molar refractivity (Wildman–Crippen MR) is 64.3 cm³/mol. The van der Waals surface area contributed by atoms with E-state index in [2.05, 4.69) is 9.97 Å². The Kier molecular flexibility index (Phi) is 3.72. The Morgan fingerprint density at radius 3 is 2.61 bits per heavy atom. The average molecular weight is 273 g/mol. The lowest BCUT2D eigenvalue weighted by atomic mass is 10.2. The number of halogens is 3. The maximum Gasteiger partial charge on any atom is 0.402 e. The minimum Gasteiger partial charge on any atom is -0.329 e. The molecule has 0 saturated carbocycles. The highest BCUT2D eigenvalue weighted by atomic mass is 32.2. The van der Waals surface area contributed by atoms with Gasteiger partial charge in [0, 0.05) is 11.9 Å². The molecule has 0 aliphatic heterocycles. The van der Waals surface area contributed by atoms with Gasteiger partial charge in [0.05, 0.1) is 5.52 Å². The van der Waals surface area contributed by atoms with Crippen molar-refractivity contribution in [2.24, 2.45) is 5.73 Å². The van der Waals surface area contributed by atoms with E-state index in [1.165, 1.54) is 6.33 Å². The van der Waals surface area contributed by atoms with Crippen molar-refractivity contribution in [2.75, 3.05) is 6.54 Å². The fraction of sp³-hybridized carbons (Fsp3) is 0.273. The zero-order valence-corrected chi connectivity index (χ0v) is 10.0. The largest absolute Gasteiger partial charge is 0.402 e. The van der Waals surface area contributed by atoms with Gasteiger partial charge in [-0.1, -0.05) is 30.0 Å². The second-order valence-corrected chi connectivity index (χ2v) is 4.77. The van der Waals surface area contributed by atoms with Gasteiger partial charge in [0.15, 0.2) is 0 Å². The Morgan fingerprint density at radius 1 is 1.22 bits per heavy atom. The minimum absolute atomic E-state index is 0.299. The number of rotatable bonds is 3. The molecule has 1 aromatic carbocycles. The van der Waals surface area contributed by atoms with Crippen LogP contribution in [0.2, 0.25) is 0 Å². The summed E-state index contributed by atoms with van der Waals surface area (Å²) in [5.41, 5.74) is 5.79. The number of hydrogen-bond donors (Lipinski definition) is 1. The van der Waals surface area contributed by atoms with Crippen LogP contribution in [0.3, 0.4) is 0 Å². The molecule has 0 spiro atoms. The van der Waals surface area contributed by atoms with Gasteiger partial charge in [-0.05, 0) is 6.07 Å². The molecule has 0 aliphatic rings. The zero-order chi connectivity index (χ0) is 13.2. The molecule has 0 aliphatic carbocycles. The maximum absolute atomic E-state index is 12.7. The highest BCUT2D eigenvalue weighted by Gasteiger charge is 2.39. The third-order valence-electron chi connectivity index (χ3n) is 2.34. The van der Waals surface area contributed by atoms with Gasteiger partial charge in [-0.25, -0.2) is 9.97 Å². The lowest BCUT2D eigenvalue weighted by Crippen LogP contribution is -2.33. The van der Waals surface area contributed by atoms with Gasteiger partial charge in [0.2, 0.25) is 0 Å². The monoisotopic (exact) mass is 273 g/mol. The number of aromatic nitrogens is 2. The van der Waals surface area contributed by atoms with Crippen LogP contribution in [0.4, 0.5) is 13.2 Å². The molecule has 2 N–H and O–H groups in total. The first-order valence-corrected chi connectivity index (χ1v) is 6.03. The van der Waals surface area contributed by atoms with Gasteiger partial charge >= 0.3 is 6.18 Å². The summed E-state index contributed by atoms with van der Waals surface area (Å²) in [5.74, 6) is 0. The summed E-state index contributed by atoms with van der Waals surface area (Å²) in [6.07, 6.45) is -3.08. The van der Waals surface area contributed by atoms with Crippen LogP contribution in [0.5, 0.6) is 0 Å². The molecule has 1 unspecified atom stereocenters. The van der Waals surface area contributed by atoms with Crippen LogP contribution in [-0.2, 0) is 0 Å². The molecule has 0 saturated heterocycles. The normalized spacial score (nSPS) is 13.8. The van der Waals surface area contributed by atoms with Gasteiger partial charge in [-0.3, -0.25) is 0 Å². The van der Waals surface area contributed by atoms with E-state index in [1.54, 1.807) is 24.3 Å². The van der Waals surface area contributed by atoms with Crippen molar-refractivity contribution in [3.63, 3.8) is 0 Å². The fourth-order valence-corrected chi connectivity index (χ4v) is 2.36. The maximum atomic E-state index is 12.7. The average Bonchev–Trinajstić information content (AvgIpc) is 2.34. The molecule has 2 rings (SSSR count). The van der Waals surface area contributed by atoms with Crippen LogP contribution in [0, 0.1) is 0 Å². The van der Waals surface area contributed by atoms with Crippen molar-refractivity contribution in [2.45, 2.75) is 16.5 Å². The standard InChI is InChI=1S/C11H10F3N3S/c12-11(13,14)9(5-15)18-10-7-3-1-2-4-8(7)16-6-17-10/h1-4,6,9H,5,15H2. The van der Waals surface area contributed by atoms with E-state index in [4.69, 9.17) is 5.73 Å². The van der Waals surface area contributed by atoms with Crippen LogP contribution in [-0.4, -0.2) is 27.9 Å². The Bertz CT molecular complexity index is 539. The van der Waals surface area contributed by atoms with Gasteiger partial charge < -0.3 is 5.73 Å². The summed E-state index contributed by atoms with van der Waals surface area (Å²) < 4.78 is 38.0. The van der Waals surface area contributed by atoms with E-state index in [9.17, 15) is 13.2 Å². The number of thioether (sulfide) groups is 1. The van der Waals surface area contributed by atoms with Gasteiger partial charge in [0.1, 0.15) is 16.6 Å². The number of alkyl halides is 3. The summed E-state index contributed by atoms with van der Waals surface area (Å²) in [6.45, 7) is -0.480. The molecule has 0 radical (unpaired) electrons. The van der Waals surface area contributed by atoms with Gasteiger partial charge in [-0.15, -0.1) is 0 Å². The summed E-state index contributed by atoms with van der Waals surface area (Å²) in [5, 5.41) is -0.753. The summed E-state index contributed by atoms with van der Waals surface area (Å²) in [4.78, 5) is 7.90. The second-order valence-electron chi connectivity index (χ2n) is 3.58. The van der Waals surface area contributed by atoms with Crippen LogP contribution in [0.15, 0.2) is 35.6 Å². The lowest BCUT2D eigenvalue weighted by Gasteiger charge is -2.17. The van der Waals surface area contributed by atoms with Crippen molar-refractivity contribution < 1.29 is 13.2 Å². The summed E-state index contributed by atoms with van der Waals surface area (Å²) in [7, 11) is 0. The molecule has 3 nitrogen and oxygen atoms in total. The first-order valence-electron chi connectivity index (χ1n) is 5.15. The molecule has 2 aromatic rings. The van der Waals surface area contributed by atoms with E-state index < -0.39 is 18.0 Å². The minimum atomic E-state index is -4.34. The smallest absolute Gasteiger partial charge is 0.329 e. The van der Waals surface area contributed by atoms with E-state index in [1.807, 2.05) is 0 Å². The SMILES string of the molecule is NCC(Sc1ncnc2ccccc12)C(F)(F)F. The number of para-hydroxylation sites is 1. The van der Waals surface area contributed by atoms with Crippen molar-refractivity contribution in [1.29, 1.82) is 0 Å². The van der Waals surface area contributed by atoms with Crippen molar-refractivity contribution in [3.05, 3.63) is 30.6 Å². The number of fused-ring (bicyclic) bond motifs is 1. The molecule has 0 fully saturated rings. The molecule has 7 heteroatoms. The van der Waals surface area contributed by atoms with Gasteiger partial charge in [0.25, 0.3) is 0 Å². The van der Waals surface area contributed by atoms with E-state index in [0.717, 1.165) is 0 Å². The summed E-state index contributed by atoms with van der Waals surface area (Å²) in [6, 6.07) is 6.93. The molecule has 1 atom stereocenters. The van der Waals surface area contributed by atoms with Crippen LogP contribution >= 0.6 is 11.8 Å². The van der Waals surface area contributed by atoms with Crippen LogP contribution in [0.1, 0.15) is 0 Å². The molecule has 0 amide bonds. The first-order chi connectivity index (χ1) is 8.52. The second kappa shape index (κ2) is 5.11. The highest BCUT2D eigenvalue weighted by molar-refractivity contribution is 8.00. The molecule has 0 bridgehead atoms.